The number of rotatable bonds is 4. The number of piperidine rings is 1. The van der Waals surface area contributed by atoms with E-state index in [1.165, 1.54) is 0 Å². The van der Waals surface area contributed by atoms with Gasteiger partial charge in [0.25, 0.3) is 0 Å². The van der Waals surface area contributed by atoms with Crippen LogP contribution in [0.3, 0.4) is 0 Å². The third kappa shape index (κ3) is 3.50. The molecule has 8 nitrogen and oxygen atoms in total. The number of amides is 2. The molecular formula is C13H18N2O6. The molecule has 3 N–H and O–H groups in total. The van der Waals surface area contributed by atoms with E-state index in [0.717, 1.165) is 4.90 Å². The zero-order valence-electron chi connectivity index (χ0n) is 11.4. The van der Waals surface area contributed by atoms with Crippen molar-refractivity contribution >= 4 is 23.8 Å². The molecule has 0 radical (unpaired) electrons. The number of nitrogens with zero attached hydrogens (tertiary/aromatic N) is 1. The van der Waals surface area contributed by atoms with E-state index in [1.54, 1.807) is 0 Å². The standard InChI is InChI=1S/C13H18N2O6/c16-10(14-9(13(20)21)7-4-5-7)11(17)15-6-2-1-3-8(15)12(18)19/h7-9H,1-6H2,(H,14,16)(H,18,19)(H,20,21)/t8-,9?/m1/s1. The van der Waals surface area contributed by atoms with E-state index in [1.807, 2.05) is 0 Å². The molecule has 0 aromatic rings. The highest BCUT2D eigenvalue weighted by Gasteiger charge is 2.40. The zero-order valence-corrected chi connectivity index (χ0v) is 11.4. The molecule has 1 saturated carbocycles. The van der Waals surface area contributed by atoms with Crippen LogP contribution in [0.25, 0.3) is 0 Å². The van der Waals surface area contributed by atoms with Gasteiger partial charge < -0.3 is 20.4 Å². The number of aliphatic carboxylic acids is 2. The minimum absolute atomic E-state index is 0.143. The first-order valence-corrected chi connectivity index (χ1v) is 6.99. The van der Waals surface area contributed by atoms with Crippen LogP contribution in [0.15, 0.2) is 0 Å². The van der Waals surface area contributed by atoms with Crippen molar-refractivity contribution in [2.24, 2.45) is 5.92 Å². The molecule has 0 aromatic heterocycles. The van der Waals surface area contributed by atoms with Gasteiger partial charge in [-0.1, -0.05) is 0 Å². The van der Waals surface area contributed by atoms with E-state index < -0.39 is 35.8 Å². The van der Waals surface area contributed by atoms with Crippen molar-refractivity contribution in [2.45, 2.75) is 44.2 Å². The molecule has 116 valence electrons. The van der Waals surface area contributed by atoms with E-state index in [0.29, 0.717) is 32.1 Å². The van der Waals surface area contributed by atoms with Crippen LogP contribution in [0.4, 0.5) is 0 Å². The molecular weight excluding hydrogens is 280 g/mol. The number of nitrogens with one attached hydrogen (secondary N) is 1. The van der Waals surface area contributed by atoms with Crippen molar-refractivity contribution in [1.82, 2.24) is 10.2 Å². The van der Waals surface area contributed by atoms with Gasteiger partial charge in [-0.2, -0.15) is 0 Å². The van der Waals surface area contributed by atoms with Crippen molar-refractivity contribution in [3.63, 3.8) is 0 Å². The van der Waals surface area contributed by atoms with Crippen molar-refractivity contribution < 1.29 is 29.4 Å². The van der Waals surface area contributed by atoms with E-state index in [4.69, 9.17) is 10.2 Å². The van der Waals surface area contributed by atoms with E-state index in [9.17, 15) is 19.2 Å². The summed E-state index contributed by atoms with van der Waals surface area (Å²) in [5.74, 6) is -4.47. The Kier molecular flexibility index (Phi) is 4.44. The summed E-state index contributed by atoms with van der Waals surface area (Å²) in [4.78, 5) is 47.2. The summed E-state index contributed by atoms with van der Waals surface area (Å²) in [6.07, 6.45) is 3.02. The van der Waals surface area contributed by atoms with E-state index in [-0.39, 0.29) is 12.5 Å². The number of carboxylic acid groups (broad SMARTS) is 2. The molecule has 21 heavy (non-hydrogen) atoms. The Hall–Kier alpha value is -2.12. The molecule has 2 atom stereocenters. The third-order valence-electron chi connectivity index (χ3n) is 3.89. The Balaban J connectivity index is 2.01. The lowest BCUT2D eigenvalue weighted by Gasteiger charge is -2.32. The molecule has 2 fully saturated rings. The van der Waals surface area contributed by atoms with Crippen LogP contribution in [0, 0.1) is 5.92 Å². The molecule has 1 unspecified atom stereocenters. The lowest BCUT2D eigenvalue weighted by Crippen LogP contribution is -2.55. The first-order chi connectivity index (χ1) is 9.91. The van der Waals surface area contributed by atoms with Crippen molar-refractivity contribution in [2.75, 3.05) is 6.54 Å². The van der Waals surface area contributed by atoms with Crippen molar-refractivity contribution in [3.8, 4) is 0 Å². The van der Waals surface area contributed by atoms with Crippen LogP contribution in [0.1, 0.15) is 32.1 Å². The van der Waals surface area contributed by atoms with Gasteiger partial charge in [0.1, 0.15) is 12.1 Å². The van der Waals surface area contributed by atoms with Gasteiger partial charge in [0.2, 0.25) is 0 Å². The first-order valence-electron chi connectivity index (χ1n) is 6.99. The third-order valence-corrected chi connectivity index (χ3v) is 3.89. The molecule has 2 amide bonds. The van der Waals surface area contributed by atoms with E-state index in [2.05, 4.69) is 5.32 Å². The summed E-state index contributed by atoms with van der Waals surface area (Å²) in [7, 11) is 0. The Morgan fingerprint density at radius 2 is 1.71 bits per heavy atom. The number of carboxylic acids is 2. The lowest BCUT2D eigenvalue weighted by atomic mass is 10.0. The molecule has 2 aliphatic rings. The highest BCUT2D eigenvalue weighted by Crippen LogP contribution is 2.32. The zero-order chi connectivity index (χ0) is 15.6. The Morgan fingerprint density at radius 1 is 1.05 bits per heavy atom. The van der Waals surface area contributed by atoms with Gasteiger partial charge in [-0.25, -0.2) is 9.59 Å². The average Bonchev–Trinajstić information content (AvgIpc) is 3.27. The predicted octanol–water partition coefficient (Wildman–Crippen LogP) is -0.568. The fourth-order valence-electron chi connectivity index (χ4n) is 2.58. The van der Waals surface area contributed by atoms with Crippen LogP contribution >= 0.6 is 0 Å². The summed E-state index contributed by atoms with van der Waals surface area (Å²) in [6, 6.07) is -2.09. The second kappa shape index (κ2) is 6.11. The molecule has 1 aliphatic carbocycles. The van der Waals surface area contributed by atoms with Gasteiger partial charge in [0.05, 0.1) is 0 Å². The molecule has 1 heterocycles. The lowest BCUT2D eigenvalue weighted by molar-refractivity contribution is -0.157. The predicted molar refractivity (Wildman–Crippen MR) is 69.3 cm³/mol. The smallest absolute Gasteiger partial charge is 0.326 e. The summed E-state index contributed by atoms with van der Waals surface area (Å²) in [5.41, 5.74) is 0. The van der Waals surface area contributed by atoms with Gasteiger partial charge in [-0.15, -0.1) is 0 Å². The molecule has 0 aromatic carbocycles. The Morgan fingerprint density at radius 3 is 2.24 bits per heavy atom. The Bertz CT molecular complexity index is 473. The second-order valence-electron chi connectivity index (χ2n) is 5.48. The fourth-order valence-corrected chi connectivity index (χ4v) is 2.58. The van der Waals surface area contributed by atoms with Crippen LogP contribution in [0.5, 0.6) is 0 Å². The number of likely N-dealkylation sites (tertiary alicyclic amines) is 1. The average molecular weight is 298 g/mol. The number of carbonyl (C=O) groups excluding carboxylic acids is 2. The van der Waals surface area contributed by atoms with Crippen LogP contribution in [-0.4, -0.2) is 57.5 Å². The van der Waals surface area contributed by atoms with Gasteiger partial charge in [0, 0.05) is 6.54 Å². The molecule has 0 spiro atoms. The fraction of sp³-hybridized carbons (Fsp3) is 0.692. The van der Waals surface area contributed by atoms with Crippen molar-refractivity contribution in [1.29, 1.82) is 0 Å². The highest BCUT2D eigenvalue weighted by molar-refractivity contribution is 6.35. The number of hydrogen-bond acceptors (Lipinski definition) is 4. The van der Waals surface area contributed by atoms with Gasteiger partial charge >= 0.3 is 23.8 Å². The maximum absolute atomic E-state index is 12.1. The van der Waals surface area contributed by atoms with Crippen LogP contribution in [-0.2, 0) is 19.2 Å². The summed E-state index contributed by atoms with van der Waals surface area (Å²) >= 11 is 0. The maximum Gasteiger partial charge on any atom is 0.326 e. The molecule has 2 rings (SSSR count). The minimum atomic E-state index is -1.17. The minimum Gasteiger partial charge on any atom is -0.480 e. The molecule has 1 aliphatic heterocycles. The normalized spacial score (nSPS) is 23.2. The van der Waals surface area contributed by atoms with Crippen LogP contribution in [0.2, 0.25) is 0 Å². The molecule has 0 bridgehead atoms. The largest absolute Gasteiger partial charge is 0.480 e. The van der Waals surface area contributed by atoms with Crippen LogP contribution < -0.4 is 5.32 Å². The highest BCUT2D eigenvalue weighted by atomic mass is 16.4. The summed E-state index contributed by atoms with van der Waals surface area (Å²) in [5, 5.41) is 20.3. The number of carbonyl (C=O) groups is 4. The molecule has 8 heteroatoms. The van der Waals surface area contributed by atoms with Gasteiger partial charge in [-0.05, 0) is 38.0 Å². The maximum atomic E-state index is 12.1. The van der Waals surface area contributed by atoms with E-state index >= 15 is 0 Å². The monoisotopic (exact) mass is 298 g/mol. The quantitative estimate of drug-likeness (QED) is 0.597. The molecule has 1 saturated heterocycles. The van der Waals surface area contributed by atoms with Gasteiger partial charge in [-0.3, -0.25) is 9.59 Å². The summed E-state index contributed by atoms with van der Waals surface area (Å²) < 4.78 is 0. The SMILES string of the molecule is O=C(NC(C(=O)O)C1CC1)C(=O)N1CCCC[C@@H]1C(=O)O. The second-order valence-corrected chi connectivity index (χ2v) is 5.48. The number of hydrogen-bond donors (Lipinski definition) is 3. The Labute approximate surface area is 121 Å². The summed E-state index contributed by atoms with van der Waals surface area (Å²) in [6.45, 7) is 0.199. The topological polar surface area (TPSA) is 124 Å². The van der Waals surface area contributed by atoms with Gasteiger partial charge in [0.15, 0.2) is 0 Å². The first kappa shape index (κ1) is 15.3. The van der Waals surface area contributed by atoms with Crippen molar-refractivity contribution in [3.05, 3.63) is 0 Å².